The number of carbonyl (C=O) groups is 2. The van der Waals surface area contributed by atoms with E-state index < -0.39 is 11.6 Å². The maximum Gasteiger partial charge on any atom is 0.325 e. The van der Waals surface area contributed by atoms with E-state index in [0.717, 1.165) is 10.4 Å². The Labute approximate surface area is 131 Å². The van der Waals surface area contributed by atoms with Crippen LogP contribution in [0.5, 0.6) is 0 Å². The summed E-state index contributed by atoms with van der Waals surface area (Å²) in [5.74, 6) is -0.255. The number of rotatable bonds is 3. The molecular formula is C15H13ClN2O2S. The first-order chi connectivity index (χ1) is 10.0. The zero-order valence-electron chi connectivity index (χ0n) is 11.3. The molecule has 1 unspecified atom stereocenters. The molecule has 3 rings (SSSR count). The molecule has 0 radical (unpaired) electrons. The number of hydrogen-bond donors (Lipinski definition) is 1. The molecule has 108 valence electrons. The van der Waals surface area contributed by atoms with Crippen molar-refractivity contribution >= 4 is 34.9 Å². The van der Waals surface area contributed by atoms with Gasteiger partial charge in [-0.25, -0.2) is 4.79 Å². The average Bonchev–Trinajstić information content (AvgIpc) is 3.06. The van der Waals surface area contributed by atoms with Gasteiger partial charge in [0.2, 0.25) is 0 Å². The number of thiophene rings is 1. The minimum absolute atomic E-state index is 0.172. The van der Waals surface area contributed by atoms with Crippen LogP contribution >= 0.6 is 22.9 Å². The van der Waals surface area contributed by atoms with Crippen LogP contribution in [0.4, 0.5) is 4.79 Å². The highest BCUT2D eigenvalue weighted by atomic mass is 35.5. The van der Waals surface area contributed by atoms with Crippen LogP contribution in [-0.4, -0.2) is 16.8 Å². The lowest BCUT2D eigenvalue weighted by atomic mass is 10.0. The Kier molecular flexibility index (Phi) is 3.47. The Bertz CT molecular complexity index is 701. The van der Waals surface area contributed by atoms with Crippen molar-refractivity contribution in [2.24, 2.45) is 0 Å². The van der Waals surface area contributed by atoms with E-state index >= 15 is 0 Å². The van der Waals surface area contributed by atoms with E-state index in [-0.39, 0.29) is 12.5 Å². The minimum Gasteiger partial charge on any atom is -0.319 e. The second-order valence-corrected chi connectivity index (χ2v) is 6.37. The SMILES string of the molecule is CC1(c2cccs2)NC(=O)N(Cc2ccccc2Cl)C1=O. The van der Waals surface area contributed by atoms with Crippen molar-refractivity contribution in [3.63, 3.8) is 0 Å². The second kappa shape index (κ2) is 5.16. The lowest BCUT2D eigenvalue weighted by Gasteiger charge is -2.20. The maximum atomic E-state index is 12.7. The van der Waals surface area contributed by atoms with Gasteiger partial charge in [-0.15, -0.1) is 11.3 Å². The minimum atomic E-state index is -0.994. The lowest BCUT2D eigenvalue weighted by molar-refractivity contribution is -0.131. The molecule has 2 aromatic rings. The van der Waals surface area contributed by atoms with E-state index in [1.165, 1.54) is 16.2 Å². The topological polar surface area (TPSA) is 49.4 Å². The molecule has 1 aromatic heterocycles. The molecule has 1 N–H and O–H groups in total. The maximum absolute atomic E-state index is 12.7. The van der Waals surface area contributed by atoms with Crippen LogP contribution in [0.1, 0.15) is 17.4 Å². The molecule has 1 saturated heterocycles. The fourth-order valence-corrected chi connectivity index (χ4v) is 3.40. The Balaban J connectivity index is 1.90. The molecule has 6 heteroatoms. The summed E-state index contributed by atoms with van der Waals surface area (Å²) >= 11 is 7.55. The van der Waals surface area contributed by atoms with E-state index in [1.54, 1.807) is 13.0 Å². The summed E-state index contributed by atoms with van der Waals surface area (Å²) in [5.41, 5.74) is -0.245. The Morgan fingerprint density at radius 1 is 1.24 bits per heavy atom. The summed E-state index contributed by atoms with van der Waals surface area (Å²) in [6.45, 7) is 1.90. The third kappa shape index (κ3) is 2.32. The first-order valence-corrected chi connectivity index (χ1v) is 7.69. The molecule has 4 nitrogen and oxygen atoms in total. The number of benzene rings is 1. The van der Waals surface area contributed by atoms with Crippen LogP contribution in [0.25, 0.3) is 0 Å². The predicted octanol–water partition coefficient (Wildman–Crippen LogP) is 3.37. The van der Waals surface area contributed by atoms with Gasteiger partial charge in [0, 0.05) is 9.90 Å². The van der Waals surface area contributed by atoms with Gasteiger partial charge in [-0.1, -0.05) is 35.9 Å². The number of halogens is 1. The average molecular weight is 321 g/mol. The summed E-state index contributed by atoms with van der Waals surface area (Å²) in [5, 5.41) is 5.21. The number of carbonyl (C=O) groups excluding carboxylic acids is 2. The molecule has 1 atom stereocenters. The molecule has 3 amide bonds. The summed E-state index contributed by atoms with van der Waals surface area (Å²) in [7, 11) is 0. The third-order valence-electron chi connectivity index (χ3n) is 3.58. The number of imide groups is 1. The van der Waals surface area contributed by atoms with Gasteiger partial charge in [-0.05, 0) is 30.0 Å². The van der Waals surface area contributed by atoms with Gasteiger partial charge >= 0.3 is 6.03 Å². The molecule has 21 heavy (non-hydrogen) atoms. The van der Waals surface area contributed by atoms with Gasteiger partial charge in [-0.2, -0.15) is 0 Å². The van der Waals surface area contributed by atoms with Crippen molar-refractivity contribution in [1.29, 1.82) is 0 Å². The summed E-state index contributed by atoms with van der Waals surface area (Å²) in [4.78, 5) is 26.9. The molecule has 1 aromatic carbocycles. The molecule has 1 fully saturated rings. The molecule has 2 heterocycles. The van der Waals surface area contributed by atoms with Crippen molar-refractivity contribution in [3.05, 3.63) is 57.2 Å². The molecule has 0 spiro atoms. The number of hydrogen-bond acceptors (Lipinski definition) is 3. The normalized spacial score (nSPS) is 21.7. The highest BCUT2D eigenvalue weighted by molar-refractivity contribution is 7.10. The molecule has 1 aliphatic rings. The van der Waals surface area contributed by atoms with Crippen LogP contribution < -0.4 is 5.32 Å². The van der Waals surface area contributed by atoms with Crippen LogP contribution in [0.15, 0.2) is 41.8 Å². The van der Waals surface area contributed by atoms with Crippen molar-refractivity contribution in [2.75, 3.05) is 0 Å². The number of nitrogens with one attached hydrogen (secondary N) is 1. The quantitative estimate of drug-likeness (QED) is 0.881. The Morgan fingerprint density at radius 2 is 2.00 bits per heavy atom. The van der Waals surface area contributed by atoms with Gasteiger partial charge in [0.15, 0.2) is 5.54 Å². The summed E-state index contributed by atoms with van der Waals surface area (Å²) < 4.78 is 0. The van der Waals surface area contributed by atoms with E-state index in [0.29, 0.717) is 5.02 Å². The first kappa shape index (κ1) is 14.1. The van der Waals surface area contributed by atoms with Gasteiger partial charge < -0.3 is 5.32 Å². The molecule has 0 bridgehead atoms. The summed E-state index contributed by atoms with van der Waals surface area (Å²) in [6, 6.07) is 10.5. The van der Waals surface area contributed by atoms with E-state index in [1.807, 2.05) is 35.7 Å². The van der Waals surface area contributed by atoms with Crippen LogP contribution in [0, 0.1) is 0 Å². The largest absolute Gasteiger partial charge is 0.325 e. The van der Waals surface area contributed by atoms with E-state index in [9.17, 15) is 9.59 Å². The first-order valence-electron chi connectivity index (χ1n) is 6.44. The van der Waals surface area contributed by atoms with Crippen LogP contribution in [0.3, 0.4) is 0 Å². The fourth-order valence-electron chi connectivity index (χ4n) is 2.37. The standard InChI is InChI=1S/C15H13ClN2O2S/c1-15(12-7-4-8-21-12)13(19)18(14(20)17-15)9-10-5-2-3-6-11(10)16/h2-8H,9H2,1H3,(H,17,20). The van der Waals surface area contributed by atoms with Gasteiger partial charge in [0.25, 0.3) is 5.91 Å². The molecule has 0 aliphatic carbocycles. The highest BCUT2D eigenvalue weighted by Crippen LogP contribution is 2.33. The number of nitrogens with zero attached hydrogens (tertiary/aromatic N) is 1. The Hall–Kier alpha value is -1.85. The molecular weight excluding hydrogens is 308 g/mol. The lowest BCUT2D eigenvalue weighted by Crippen LogP contribution is -2.40. The number of amides is 3. The van der Waals surface area contributed by atoms with Crippen molar-refractivity contribution in [1.82, 2.24) is 10.2 Å². The highest BCUT2D eigenvalue weighted by Gasteiger charge is 2.49. The van der Waals surface area contributed by atoms with Crippen LogP contribution in [0.2, 0.25) is 5.02 Å². The monoisotopic (exact) mass is 320 g/mol. The zero-order chi connectivity index (χ0) is 15.0. The Morgan fingerprint density at radius 3 is 2.67 bits per heavy atom. The van der Waals surface area contributed by atoms with E-state index in [4.69, 9.17) is 11.6 Å². The van der Waals surface area contributed by atoms with Gasteiger partial charge in [0.1, 0.15) is 0 Å². The zero-order valence-corrected chi connectivity index (χ0v) is 12.9. The molecule has 0 saturated carbocycles. The van der Waals surface area contributed by atoms with Crippen molar-refractivity contribution in [3.8, 4) is 0 Å². The van der Waals surface area contributed by atoms with Crippen molar-refractivity contribution in [2.45, 2.75) is 19.0 Å². The van der Waals surface area contributed by atoms with Crippen molar-refractivity contribution < 1.29 is 9.59 Å². The smallest absolute Gasteiger partial charge is 0.319 e. The number of urea groups is 1. The van der Waals surface area contributed by atoms with Crippen LogP contribution in [-0.2, 0) is 16.9 Å². The van der Waals surface area contributed by atoms with E-state index in [2.05, 4.69) is 5.32 Å². The van der Waals surface area contributed by atoms with Gasteiger partial charge in [0.05, 0.1) is 6.54 Å². The summed E-state index contributed by atoms with van der Waals surface area (Å²) in [6.07, 6.45) is 0. The second-order valence-electron chi connectivity index (χ2n) is 5.02. The molecule has 1 aliphatic heterocycles. The fraction of sp³-hybridized carbons (Fsp3) is 0.200. The van der Waals surface area contributed by atoms with Gasteiger partial charge in [-0.3, -0.25) is 9.69 Å². The third-order valence-corrected chi connectivity index (χ3v) is 5.04. The predicted molar refractivity (Wildman–Crippen MR) is 82.2 cm³/mol.